The molecule has 0 spiro atoms. The Morgan fingerprint density at radius 3 is 2.50 bits per heavy atom. The summed E-state index contributed by atoms with van der Waals surface area (Å²) in [5.41, 5.74) is 1.14. The zero-order chi connectivity index (χ0) is 13.8. The minimum atomic E-state index is -1.04. The maximum absolute atomic E-state index is 11.7. The average Bonchev–Trinajstić information content (AvgIpc) is 2.29. The molecule has 0 atom stereocenters. The first-order valence-electron chi connectivity index (χ1n) is 6.30. The van der Waals surface area contributed by atoms with Crippen LogP contribution in [0.5, 0.6) is 0 Å². The van der Waals surface area contributed by atoms with Gasteiger partial charge in [0, 0.05) is 28.8 Å². The summed E-state index contributed by atoms with van der Waals surface area (Å²) in [6, 6.07) is 7.87. The van der Waals surface area contributed by atoms with Gasteiger partial charge >= 0.3 is 29.6 Å². The molecule has 1 aromatic rings. The van der Waals surface area contributed by atoms with Crippen molar-refractivity contribution in [2.24, 2.45) is 11.8 Å². The van der Waals surface area contributed by atoms with Crippen LogP contribution in [0.3, 0.4) is 0 Å². The van der Waals surface area contributed by atoms with Crippen molar-refractivity contribution in [3.05, 3.63) is 34.3 Å². The number of hydrogen-bond acceptors (Lipinski definition) is 3. The monoisotopic (exact) mass is 347 g/mol. The van der Waals surface area contributed by atoms with E-state index in [-0.39, 0.29) is 41.4 Å². The van der Waals surface area contributed by atoms with Crippen LogP contribution in [0, 0.1) is 11.8 Å². The van der Waals surface area contributed by atoms with E-state index in [2.05, 4.69) is 21.2 Å². The molecular formula is C14H15BrNNaO3. The van der Waals surface area contributed by atoms with Crippen molar-refractivity contribution in [3.63, 3.8) is 0 Å². The molecule has 4 nitrogen and oxygen atoms in total. The molecule has 0 heterocycles. The van der Waals surface area contributed by atoms with E-state index >= 15 is 0 Å². The maximum Gasteiger partial charge on any atom is 1.00 e. The van der Waals surface area contributed by atoms with E-state index in [0.29, 0.717) is 19.4 Å². The first kappa shape index (κ1) is 17.7. The molecule has 1 aliphatic carbocycles. The Labute approximate surface area is 148 Å². The zero-order valence-corrected chi connectivity index (χ0v) is 15.0. The van der Waals surface area contributed by atoms with Gasteiger partial charge in [-0.3, -0.25) is 4.79 Å². The summed E-state index contributed by atoms with van der Waals surface area (Å²) in [6.45, 7) is 0.563. The van der Waals surface area contributed by atoms with Crippen LogP contribution < -0.4 is 40.0 Å². The Morgan fingerprint density at radius 2 is 1.90 bits per heavy atom. The van der Waals surface area contributed by atoms with Gasteiger partial charge in [0.2, 0.25) is 5.91 Å². The van der Waals surface area contributed by atoms with Crippen LogP contribution in [-0.4, -0.2) is 18.4 Å². The fraction of sp³-hybridized carbons (Fsp3) is 0.429. The molecule has 0 saturated heterocycles. The molecule has 0 unspecified atom stereocenters. The maximum atomic E-state index is 11.7. The number of rotatable bonds is 5. The van der Waals surface area contributed by atoms with Crippen LogP contribution in [0.15, 0.2) is 28.7 Å². The largest absolute Gasteiger partial charge is 1.00 e. The molecular weight excluding hydrogens is 333 g/mol. The summed E-state index contributed by atoms with van der Waals surface area (Å²) in [5.74, 6) is -1.71. The van der Waals surface area contributed by atoms with Crippen LogP contribution >= 0.6 is 15.9 Å². The quantitative estimate of drug-likeness (QED) is 0.620. The molecule has 1 amide bonds. The van der Waals surface area contributed by atoms with Gasteiger partial charge in [-0.05, 0) is 30.9 Å². The number of hydrogen-bond donors (Lipinski definition) is 1. The van der Waals surface area contributed by atoms with Crippen molar-refractivity contribution in [1.82, 2.24) is 5.32 Å². The Kier molecular flexibility index (Phi) is 7.23. The van der Waals surface area contributed by atoms with Crippen molar-refractivity contribution in [2.45, 2.75) is 19.3 Å². The fourth-order valence-electron chi connectivity index (χ4n) is 2.19. The minimum absolute atomic E-state index is 0. The number of carboxylic acids is 1. The van der Waals surface area contributed by atoms with Crippen molar-refractivity contribution in [3.8, 4) is 0 Å². The van der Waals surface area contributed by atoms with Crippen LogP contribution in [0.25, 0.3) is 0 Å². The van der Waals surface area contributed by atoms with Crippen LogP contribution in [0.1, 0.15) is 18.4 Å². The van der Waals surface area contributed by atoms with E-state index in [1.807, 2.05) is 24.3 Å². The first-order valence-corrected chi connectivity index (χ1v) is 7.09. The smallest absolute Gasteiger partial charge is 0.550 e. The number of carboxylic acid groups (broad SMARTS) is 1. The molecule has 6 heteroatoms. The minimum Gasteiger partial charge on any atom is -0.550 e. The number of nitrogens with one attached hydrogen (secondary N) is 1. The second-order valence-corrected chi connectivity index (χ2v) is 5.67. The standard InChI is InChI=1S/C14H16BrNO3.Na/c15-12-4-2-1-3-9(12)5-6-16-13(17)10-7-11(8-10)14(18)19;/h1-4,10-11H,5-8H2,(H,16,17)(H,18,19);/q;+1/p-1. The SMILES string of the molecule is O=C([O-])C1CC(C(=O)NCCc2ccccc2Br)C1.[Na+]. The number of aliphatic carboxylic acids is 1. The summed E-state index contributed by atoms with van der Waals surface area (Å²) in [5, 5.41) is 13.4. The first-order chi connectivity index (χ1) is 9.08. The molecule has 1 N–H and O–H groups in total. The molecule has 102 valence electrons. The second kappa shape index (κ2) is 8.17. The Hall–Kier alpha value is -0.360. The average molecular weight is 348 g/mol. The topological polar surface area (TPSA) is 69.2 Å². The van der Waals surface area contributed by atoms with Crippen molar-refractivity contribution >= 4 is 27.8 Å². The van der Waals surface area contributed by atoms with Gasteiger partial charge in [0.1, 0.15) is 0 Å². The summed E-state index contributed by atoms with van der Waals surface area (Å²) >= 11 is 3.46. The Morgan fingerprint density at radius 1 is 1.25 bits per heavy atom. The predicted molar refractivity (Wildman–Crippen MR) is 72.1 cm³/mol. The number of carbonyl (C=O) groups excluding carboxylic acids is 2. The van der Waals surface area contributed by atoms with Gasteiger partial charge in [0.05, 0.1) is 0 Å². The van der Waals surface area contributed by atoms with Crippen LogP contribution in [-0.2, 0) is 16.0 Å². The molecule has 1 saturated carbocycles. The molecule has 1 aromatic carbocycles. The van der Waals surface area contributed by atoms with Gasteiger partial charge in [-0.2, -0.15) is 0 Å². The third kappa shape index (κ3) is 4.58. The van der Waals surface area contributed by atoms with Crippen molar-refractivity contribution in [1.29, 1.82) is 0 Å². The van der Waals surface area contributed by atoms with Crippen LogP contribution in [0.2, 0.25) is 0 Å². The number of halogens is 1. The molecule has 0 radical (unpaired) electrons. The predicted octanol–water partition coefficient (Wildman–Crippen LogP) is -2.11. The summed E-state index contributed by atoms with van der Waals surface area (Å²) in [4.78, 5) is 22.3. The Balaban J connectivity index is 0.00000200. The second-order valence-electron chi connectivity index (χ2n) is 4.82. The molecule has 20 heavy (non-hydrogen) atoms. The normalized spacial score (nSPS) is 20.4. The summed E-state index contributed by atoms with van der Waals surface area (Å²) in [7, 11) is 0. The van der Waals surface area contributed by atoms with Gasteiger partial charge in [-0.1, -0.05) is 34.1 Å². The Bertz CT molecular complexity index is 489. The van der Waals surface area contributed by atoms with E-state index in [4.69, 9.17) is 0 Å². The molecule has 1 fully saturated rings. The van der Waals surface area contributed by atoms with Gasteiger partial charge in [0.15, 0.2) is 0 Å². The van der Waals surface area contributed by atoms with Gasteiger partial charge < -0.3 is 15.2 Å². The van der Waals surface area contributed by atoms with E-state index in [1.165, 1.54) is 0 Å². The number of carbonyl (C=O) groups is 2. The number of benzene rings is 1. The van der Waals surface area contributed by atoms with E-state index in [1.54, 1.807) is 0 Å². The van der Waals surface area contributed by atoms with E-state index in [0.717, 1.165) is 16.5 Å². The fourth-order valence-corrected chi connectivity index (χ4v) is 2.67. The molecule has 0 aromatic heterocycles. The van der Waals surface area contributed by atoms with Gasteiger partial charge in [-0.15, -0.1) is 0 Å². The van der Waals surface area contributed by atoms with Gasteiger partial charge in [-0.25, -0.2) is 0 Å². The summed E-state index contributed by atoms with van der Waals surface area (Å²) < 4.78 is 1.03. The van der Waals surface area contributed by atoms with Crippen LogP contribution in [0.4, 0.5) is 0 Å². The third-order valence-electron chi connectivity index (χ3n) is 3.49. The third-order valence-corrected chi connectivity index (χ3v) is 4.27. The molecule has 2 rings (SSSR count). The van der Waals surface area contributed by atoms with Crippen molar-refractivity contribution < 1.29 is 44.3 Å². The molecule has 1 aliphatic rings. The number of amides is 1. The van der Waals surface area contributed by atoms with E-state index in [9.17, 15) is 14.7 Å². The zero-order valence-electron chi connectivity index (χ0n) is 11.4. The van der Waals surface area contributed by atoms with Crippen molar-refractivity contribution in [2.75, 3.05) is 6.54 Å². The summed E-state index contributed by atoms with van der Waals surface area (Å²) in [6.07, 6.45) is 1.57. The molecule has 0 aliphatic heterocycles. The van der Waals surface area contributed by atoms with E-state index < -0.39 is 11.9 Å². The molecule has 0 bridgehead atoms. The van der Waals surface area contributed by atoms with Gasteiger partial charge in [0.25, 0.3) is 0 Å².